The number of anilines is 3. The zero-order valence-electron chi connectivity index (χ0n) is 22.6. The van der Waals surface area contributed by atoms with E-state index in [2.05, 4.69) is 15.3 Å². The SMILES string of the molecule is CC(C)(C)OC(=O)N1CCN(c2ccc(Nc3ncc4cc(C#N)c(=O)n(C5CCCC5)c4n3)cc2F)C(=O)C1. The molecule has 0 bridgehead atoms. The van der Waals surface area contributed by atoms with Gasteiger partial charge in [-0.2, -0.15) is 10.2 Å². The van der Waals surface area contributed by atoms with E-state index in [1.165, 1.54) is 34.2 Å². The molecule has 1 N–H and O–H groups in total. The molecule has 1 aliphatic heterocycles. The standard InChI is InChI=1S/C28H30FN7O4/c1-28(2,3)40-27(39)34-10-11-35(23(37)16-34)22-9-8-19(13-21(22)29)32-26-31-15-18-12-17(14-30)25(38)36(24(18)33-26)20-6-4-5-7-20/h8-9,12-13,15,20H,4-7,10-11,16H2,1-3H3,(H,31,32,33). The number of pyridine rings is 1. The number of benzene rings is 1. The molecule has 40 heavy (non-hydrogen) atoms. The number of ether oxygens (including phenoxy) is 1. The largest absolute Gasteiger partial charge is 0.444 e. The predicted molar refractivity (Wildman–Crippen MR) is 146 cm³/mol. The van der Waals surface area contributed by atoms with Gasteiger partial charge in [0.05, 0.1) is 5.69 Å². The number of amides is 2. The zero-order chi connectivity index (χ0) is 28.6. The number of hydrogen-bond donors (Lipinski definition) is 1. The maximum Gasteiger partial charge on any atom is 0.410 e. The Balaban J connectivity index is 1.35. The molecule has 0 spiro atoms. The molecule has 2 aromatic heterocycles. The molecule has 2 aliphatic rings. The molecule has 2 amide bonds. The van der Waals surface area contributed by atoms with Crippen LogP contribution in [0.25, 0.3) is 11.0 Å². The number of nitrogens with one attached hydrogen (secondary N) is 1. The minimum Gasteiger partial charge on any atom is -0.444 e. The number of nitriles is 1. The van der Waals surface area contributed by atoms with Crippen LogP contribution in [0.1, 0.15) is 58.1 Å². The van der Waals surface area contributed by atoms with Gasteiger partial charge in [-0.3, -0.25) is 19.1 Å². The zero-order valence-corrected chi connectivity index (χ0v) is 22.6. The minimum absolute atomic E-state index is 0.0443. The van der Waals surface area contributed by atoms with E-state index in [1.54, 1.807) is 31.4 Å². The van der Waals surface area contributed by atoms with Gasteiger partial charge >= 0.3 is 6.09 Å². The fourth-order valence-electron chi connectivity index (χ4n) is 5.10. The quantitative estimate of drug-likeness (QED) is 0.513. The van der Waals surface area contributed by atoms with E-state index in [1.807, 2.05) is 6.07 Å². The third kappa shape index (κ3) is 5.45. The third-order valence-electron chi connectivity index (χ3n) is 6.95. The maximum absolute atomic E-state index is 15.2. The van der Waals surface area contributed by atoms with Gasteiger partial charge in [-0.15, -0.1) is 0 Å². The van der Waals surface area contributed by atoms with Gasteiger partial charge in [-0.05, 0) is 57.9 Å². The van der Waals surface area contributed by atoms with Gasteiger partial charge < -0.3 is 15.0 Å². The van der Waals surface area contributed by atoms with E-state index in [0.717, 1.165) is 25.7 Å². The van der Waals surface area contributed by atoms with Gasteiger partial charge in [0.2, 0.25) is 11.9 Å². The van der Waals surface area contributed by atoms with Crippen molar-refractivity contribution in [3.8, 4) is 6.07 Å². The fourth-order valence-corrected chi connectivity index (χ4v) is 5.10. The fraction of sp³-hybridized carbons (Fsp3) is 0.429. The van der Waals surface area contributed by atoms with Crippen LogP contribution in [0.3, 0.4) is 0 Å². The molecule has 11 nitrogen and oxygen atoms in total. The number of nitrogens with zero attached hydrogens (tertiary/aromatic N) is 6. The molecular weight excluding hydrogens is 517 g/mol. The van der Waals surface area contributed by atoms with E-state index in [-0.39, 0.29) is 48.4 Å². The van der Waals surface area contributed by atoms with E-state index in [4.69, 9.17) is 4.74 Å². The summed E-state index contributed by atoms with van der Waals surface area (Å²) in [6, 6.07) is 7.72. The molecule has 3 aromatic rings. The lowest BCUT2D eigenvalue weighted by Crippen LogP contribution is -2.53. The van der Waals surface area contributed by atoms with Gasteiger partial charge in [0.1, 0.15) is 35.2 Å². The molecule has 1 aromatic carbocycles. The number of piperazine rings is 1. The summed E-state index contributed by atoms with van der Waals surface area (Å²) in [6.45, 7) is 5.36. The first kappa shape index (κ1) is 27.1. The third-order valence-corrected chi connectivity index (χ3v) is 6.95. The van der Waals surface area contributed by atoms with Gasteiger partial charge in [0, 0.05) is 36.4 Å². The number of rotatable bonds is 4. The predicted octanol–water partition coefficient (Wildman–Crippen LogP) is 4.24. The van der Waals surface area contributed by atoms with Crippen LogP contribution in [0.5, 0.6) is 0 Å². The number of aromatic nitrogens is 3. The van der Waals surface area contributed by atoms with Crippen molar-refractivity contribution in [2.24, 2.45) is 0 Å². The summed E-state index contributed by atoms with van der Waals surface area (Å²) >= 11 is 0. The van der Waals surface area contributed by atoms with Crippen LogP contribution in [0.4, 0.5) is 26.5 Å². The van der Waals surface area contributed by atoms with Crippen molar-refractivity contribution in [1.82, 2.24) is 19.4 Å². The maximum atomic E-state index is 15.2. The van der Waals surface area contributed by atoms with E-state index in [9.17, 15) is 19.6 Å². The highest BCUT2D eigenvalue weighted by Gasteiger charge is 2.32. The summed E-state index contributed by atoms with van der Waals surface area (Å²) in [6.07, 6.45) is 4.59. The molecule has 3 heterocycles. The highest BCUT2D eigenvalue weighted by atomic mass is 19.1. The molecule has 5 rings (SSSR count). The Kier molecular flexibility index (Phi) is 7.14. The lowest BCUT2D eigenvalue weighted by molar-refractivity contribution is -0.121. The molecule has 1 saturated carbocycles. The van der Waals surface area contributed by atoms with Gasteiger partial charge in [-0.25, -0.2) is 14.2 Å². The molecule has 2 fully saturated rings. The van der Waals surface area contributed by atoms with Crippen LogP contribution in [0.2, 0.25) is 0 Å². The molecular formula is C28H30FN7O4. The summed E-state index contributed by atoms with van der Waals surface area (Å²) in [4.78, 5) is 49.5. The molecule has 208 valence electrons. The van der Waals surface area contributed by atoms with Crippen molar-refractivity contribution in [3.63, 3.8) is 0 Å². The number of carbonyl (C=O) groups excluding carboxylic acids is 2. The Hall–Kier alpha value is -4.53. The van der Waals surface area contributed by atoms with Crippen LogP contribution in [0.15, 0.2) is 35.3 Å². The highest BCUT2D eigenvalue weighted by molar-refractivity contribution is 5.97. The lowest BCUT2D eigenvalue weighted by Gasteiger charge is -2.35. The van der Waals surface area contributed by atoms with Crippen molar-refractivity contribution in [2.75, 3.05) is 29.9 Å². The highest BCUT2D eigenvalue weighted by Crippen LogP contribution is 2.31. The van der Waals surface area contributed by atoms with Gasteiger partial charge in [0.15, 0.2) is 0 Å². The van der Waals surface area contributed by atoms with Crippen LogP contribution in [-0.4, -0.2) is 56.7 Å². The number of fused-ring (bicyclic) bond motifs is 1. The lowest BCUT2D eigenvalue weighted by atomic mass is 10.2. The second kappa shape index (κ2) is 10.6. The van der Waals surface area contributed by atoms with Gasteiger partial charge in [0.25, 0.3) is 5.56 Å². The molecule has 0 unspecified atom stereocenters. The number of halogens is 1. The summed E-state index contributed by atoms with van der Waals surface area (Å²) in [7, 11) is 0. The van der Waals surface area contributed by atoms with Crippen molar-refractivity contribution in [2.45, 2.75) is 58.1 Å². The first-order valence-electron chi connectivity index (χ1n) is 13.2. The average molecular weight is 548 g/mol. The van der Waals surface area contributed by atoms with E-state index >= 15 is 4.39 Å². The Morgan fingerprint density at radius 1 is 1.18 bits per heavy atom. The molecule has 0 atom stereocenters. The van der Waals surface area contributed by atoms with E-state index in [0.29, 0.717) is 16.7 Å². The second-order valence-corrected chi connectivity index (χ2v) is 11.0. The summed E-state index contributed by atoms with van der Waals surface area (Å²) in [5.41, 5.74) is -0.156. The van der Waals surface area contributed by atoms with Crippen LogP contribution >= 0.6 is 0 Å². The summed E-state index contributed by atoms with van der Waals surface area (Å²) < 4.78 is 22.1. The Bertz CT molecular complexity index is 1580. The second-order valence-electron chi connectivity index (χ2n) is 11.0. The normalized spacial score (nSPS) is 16.3. The Labute approximate surface area is 230 Å². The average Bonchev–Trinajstić information content (AvgIpc) is 3.42. The molecule has 1 saturated heterocycles. The summed E-state index contributed by atoms with van der Waals surface area (Å²) in [5, 5.41) is 13.0. The van der Waals surface area contributed by atoms with E-state index < -0.39 is 23.4 Å². The monoisotopic (exact) mass is 547 g/mol. The number of carbonyl (C=O) groups is 2. The Morgan fingerprint density at radius 2 is 1.93 bits per heavy atom. The van der Waals surface area contributed by atoms with Crippen LogP contribution in [-0.2, 0) is 9.53 Å². The smallest absolute Gasteiger partial charge is 0.410 e. The van der Waals surface area contributed by atoms with Crippen LogP contribution in [0, 0.1) is 17.1 Å². The topological polar surface area (TPSA) is 133 Å². The first-order valence-corrected chi connectivity index (χ1v) is 13.2. The van der Waals surface area contributed by atoms with Crippen molar-refractivity contribution in [3.05, 3.63) is 52.2 Å². The van der Waals surface area contributed by atoms with Crippen molar-refractivity contribution in [1.29, 1.82) is 5.26 Å². The number of hydrogen-bond acceptors (Lipinski definition) is 8. The van der Waals surface area contributed by atoms with Crippen molar-refractivity contribution >= 4 is 40.4 Å². The molecule has 12 heteroatoms. The first-order chi connectivity index (χ1) is 19.0. The molecule has 0 radical (unpaired) electrons. The minimum atomic E-state index is -0.686. The molecule has 1 aliphatic carbocycles. The van der Waals surface area contributed by atoms with Gasteiger partial charge in [-0.1, -0.05) is 12.8 Å². The Morgan fingerprint density at radius 3 is 2.58 bits per heavy atom. The summed E-state index contributed by atoms with van der Waals surface area (Å²) in [5.74, 6) is -0.889. The van der Waals surface area contributed by atoms with Crippen molar-refractivity contribution < 1.29 is 18.7 Å². The van der Waals surface area contributed by atoms with Crippen LogP contribution < -0.4 is 15.8 Å².